The number of carbonyl (C=O) groups excluding carboxylic acids is 1. The first-order valence-electron chi connectivity index (χ1n) is 12.8. The van der Waals surface area contributed by atoms with Crippen LogP contribution in [0.1, 0.15) is 45.9 Å². The summed E-state index contributed by atoms with van der Waals surface area (Å²) in [7, 11) is 1.99. The van der Waals surface area contributed by atoms with Crippen LogP contribution in [-0.4, -0.2) is 39.5 Å². The molecule has 5 heterocycles. The van der Waals surface area contributed by atoms with Crippen molar-refractivity contribution in [1.29, 1.82) is 0 Å². The molecule has 0 radical (unpaired) electrons. The fourth-order valence-corrected chi connectivity index (χ4v) is 5.12. The molecule has 6 aromatic rings. The van der Waals surface area contributed by atoms with E-state index in [0.717, 1.165) is 62.7 Å². The average molecular weight is 504 g/mol. The van der Waals surface area contributed by atoms with Gasteiger partial charge in [0.2, 0.25) is 0 Å². The molecule has 0 fully saturated rings. The quantitative estimate of drug-likeness (QED) is 0.282. The van der Waals surface area contributed by atoms with Crippen molar-refractivity contribution in [3.63, 3.8) is 0 Å². The maximum absolute atomic E-state index is 13.6. The summed E-state index contributed by atoms with van der Waals surface area (Å²) < 4.78 is 5.91. The van der Waals surface area contributed by atoms with Crippen LogP contribution in [0, 0.1) is 13.8 Å². The van der Waals surface area contributed by atoms with Crippen molar-refractivity contribution < 1.29 is 4.79 Å². The molecule has 38 heavy (non-hydrogen) atoms. The standard InChI is InChI=1S/C30H29N7O/c1-5-24-30-22(9-7-11-25(30)37(34-24)18-23-10-6-8-19(2)33-23)14-28(38)27-17-32-29-15-21(12-13-36(27)29)26-16-31-20(3)35(26)4/h6-13,15-17H,5,14,18H2,1-4H3. The molecule has 0 amide bonds. The van der Waals surface area contributed by atoms with E-state index >= 15 is 0 Å². The highest BCUT2D eigenvalue weighted by atomic mass is 16.1. The number of carbonyl (C=O) groups is 1. The number of aromatic nitrogens is 7. The third kappa shape index (κ3) is 4.08. The van der Waals surface area contributed by atoms with Gasteiger partial charge in [-0.2, -0.15) is 5.10 Å². The minimum absolute atomic E-state index is 0.0179. The van der Waals surface area contributed by atoms with E-state index in [9.17, 15) is 4.79 Å². The molecule has 8 nitrogen and oxygen atoms in total. The monoisotopic (exact) mass is 503 g/mol. The number of Topliss-reactive ketones (excluding diaryl/α,β-unsaturated/α-hetero) is 1. The largest absolute Gasteiger partial charge is 0.331 e. The zero-order valence-corrected chi connectivity index (χ0v) is 22.0. The lowest BCUT2D eigenvalue weighted by Crippen LogP contribution is -2.08. The van der Waals surface area contributed by atoms with E-state index in [0.29, 0.717) is 12.2 Å². The van der Waals surface area contributed by atoms with Crippen molar-refractivity contribution in [3.05, 3.63) is 101 Å². The van der Waals surface area contributed by atoms with Crippen LogP contribution < -0.4 is 0 Å². The van der Waals surface area contributed by atoms with E-state index in [1.54, 1.807) is 6.20 Å². The summed E-state index contributed by atoms with van der Waals surface area (Å²) in [6.07, 6.45) is 6.50. The molecule has 8 heteroatoms. The molecule has 0 atom stereocenters. The predicted octanol–water partition coefficient (Wildman–Crippen LogP) is 5.13. The van der Waals surface area contributed by atoms with Crippen molar-refractivity contribution in [2.45, 2.75) is 40.2 Å². The molecule has 5 aromatic heterocycles. The molecule has 0 aliphatic heterocycles. The van der Waals surface area contributed by atoms with Gasteiger partial charge in [0.25, 0.3) is 0 Å². The lowest BCUT2D eigenvalue weighted by Gasteiger charge is -2.07. The van der Waals surface area contributed by atoms with Crippen molar-refractivity contribution in [1.82, 2.24) is 33.7 Å². The second-order valence-corrected chi connectivity index (χ2v) is 9.68. The first-order chi connectivity index (χ1) is 18.4. The Labute approximate surface area is 220 Å². The Hall–Kier alpha value is -4.59. The van der Waals surface area contributed by atoms with Crippen molar-refractivity contribution in [2.75, 3.05) is 0 Å². The highest BCUT2D eigenvalue weighted by Crippen LogP contribution is 2.27. The summed E-state index contributed by atoms with van der Waals surface area (Å²) in [6, 6.07) is 16.1. The normalized spacial score (nSPS) is 11.6. The second kappa shape index (κ2) is 9.37. The Balaban J connectivity index is 1.33. The maximum atomic E-state index is 13.6. The van der Waals surface area contributed by atoms with Crippen LogP contribution in [0.5, 0.6) is 0 Å². The smallest absolute Gasteiger partial charge is 0.185 e. The van der Waals surface area contributed by atoms with Gasteiger partial charge in [-0.3, -0.25) is 18.9 Å². The molecule has 0 saturated heterocycles. The highest BCUT2D eigenvalue weighted by molar-refractivity contribution is 5.99. The number of aryl methyl sites for hydroxylation is 3. The van der Waals surface area contributed by atoms with Gasteiger partial charge in [-0.1, -0.05) is 25.1 Å². The first kappa shape index (κ1) is 23.8. The zero-order valence-electron chi connectivity index (χ0n) is 22.0. The Morgan fingerprint density at radius 1 is 1.00 bits per heavy atom. The van der Waals surface area contributed by atoms with E-state index in [1.165, 1.54) is 0 Å². The summed E-state index contributed by atoms with van der Waals surface area (Å²) in [6.45, 7) is 6.65. The number of benzene rings is 1. The molecule has 0 spiro atoms. The van der Waals surface area contributed by atoms with Gasteiger partial charge in [0.15, 0.2) is 5.78 Å². The van der Waals surface area contributed by atoms with Crippen LogP contribution in [0.4, 0.5) is 0 Å². The van der Waals surface area contributed by atoms with Crippen LogP contribution in [0.2, 0.25) is 0 Å². The van der Waals surface area contributed by atoms with Gasteiger partial charge in [-0.15, -0.1) is 0 Å². The third-order valence-electron chi connectivity index (χ3n) is 7.20. The number of nitrogens with zero attached hydrogens (tertiary/aromatic N) is 7. The van der Waals surface area contributed by atoms with Crippen molar-refractivity contribution in [2.24, 2.45) is 7.05 Å². The van der Waals surface area contributed by atoms with Crippen molar-refractivity contribution >= 4 is 22.3 Å². The molecular formula is C30H29N7O. The lowest BCUT2D eigenvalue weighted by molar-refractivity contribution is 0.0987. The van der Waals surface area contributed by atoms with E-state index in [2.05, 4.69) is 27.9 Å². The Morgan fingerprint density at radius 3 is 2.61 bits per heavy atom. The summed E-state index contributed by atoms with van der Waals surface area (Å²) in [5.41, 5.74) is 8.26. The molecule has 1 aromatic carbocycles. The first-order valence-corrected chi connectivity index (χ1v) is 12.8. The van der Waals surface area contributed by atoms with E-state index in [1.807, 2.05) is 89.4 Å². The Bertz CT molecular complexity index is 1820. The SMILES string of the molecule is CCc1nn(Cc2cccc(C)n2)c2cccc(CC(=O)c3cnc4cc(-c5cnc(C)n5C)ccn34)c12. The number of imidazole rings is 2. The van der Waals surface area contributed by atoms with E-state index in [-0.39, 0.29) is 12.2 Å². The van der Waals surface area contributed by atoms with Gasteiger partial charge in [0, 0.05) is 36.3 Å². The number of rotatable bonds is 7. The van der Waals surface area contributed by atoms with Crippen LogP contribution in [0.3, 0.4) is 0 Å². The summed E-state index contributed by atoms with van der Waals surface area (Å²) in [5, 5.41) is 5.96. The third-order valence-corrected chi connectivity index (χ3v) is 7.20. The predicted molar refractivity (Wildman–Crippen MR) is 147 cm³/mol. The second-order valence-electron chi connectivity index (χ2n) is 9.68. The van der Waals surface area contributed by atoms with Crippen LogP contribution in [0.15, 0.2) is 67.1 Å². The molecule has 190 valence electrons. The summed E-state index contributed by atoms with van der Waals surface area (Å²) >= 11 is 0. The molecule has 0 unspecified atom stereocenters. The number of fused-ring (bicyclic) bond motifs is 2. The Morgan fingerprint density at radius 2 is 1.84 bits per heavy atom. The van der Waals surface area contributed by atoms with Crippen LogP contribution in [0.25, 0.3) is 27.8 Å². The van der Waals surface area contributed by atoms with Gasteiger partial charge in [0.05, 0.1) is 41.5 Å². The molecule has 0 N–H and O–H groups in total. The minimum atomic E-state index is 0.0179. The molecule has 0 aliphatic rings. The van der Waals surface area contributed by atoms with Gasteiger partial charge in [0.1, 0.15) is 17.2 Å². The average Bonchev–Trinajstić information content (AvgIpc) is 3.59. The molecule has 0 aliphatic carbocycles. The van der Waals surface area contributed by atoms with Gasteiger partial charge < -0.3 is 4.57 Å². The Kier molecular flexibility index (Phi) is 5.87. The summed E-state index contributed by atoms with van der Waals surface area (Å²) in [4.78, 5) is 27.2. The fraction of sp³-hybridized carbons (Fsp3) is 0.233. The summed E-state index contributed by atoms with van der Waals surface area (Å²) in [5.74, 6) is 0.961. The van der Waals surface area contributed by atoms with Gasteiger partial charge in [-0.05, 0) is 56.2 Å². The number of pyridine rings is 2. The fourth-order valence-electron chi connectivity index (χ4n) is 5.12. The number of hydrogen-bond acceptors (Lipinski definition) is 5. The minimum Gasteiger partial charge on any atom is -0.331 e. The van der Waals surface area contributed by atoms with E-state index < -0.39 is 0 Å². The lowest BCUT2D eigenvalue weighted by atomic mass is 10.0. The van der Waals surface area contributed by atoms with Crippen LogP contribution >= 0.6 is 0 Å². The zero-order chi connectivity index (χ0) is 26.4. The molecule has 0 bridgehead atoms. The molecule has 6 rings (SSSR count). The molecular weight excluding hydrogens is 474 g/mol. The highest BCUT2D eigenvalue weighted by Gasteiger charge is 2.19. The number of ketones is 1. The topological polar surface area (TPSA) is 82.9 Å². The number of hydrogen-bond donors (Lipinski definition) is 0. The van der Waals surface area contributed by atoms with Crippen molar-refractivity contribution in [3.8, 4) is 11.3 Å². The van der Waals surface area contributed by atoms with Gasteiger partial charge in [-0.25, -0.2) is 9.97 Å². The van der Waals surface area contributed by atoms with Gasteiger partial charge >= 0.3 is 0 Å². The van der Waals surface area contributed by atoms with Crippen LogP contribution in [-0.2, 0) is 26.4 Å². The maximum Gasteiger partial charge on any atom is 0.185 e. The van der Waals surface area contributed by atoms with E-state index in [4.69, 9.17) is 5.10 Å². The molecule has 0 saturated carbocycles.